The summed E-state index contributed by atoms with van der Waals surface area (Å²) in [5.41, 5.74) is 4.24. The molecule has 0 aromatic heterocycles. The van der Waals surface area contributed by atoms with Crippen molar-refractivity contribution < 1.29 is 31.4 Å². The lowest BCUT2D eigenvalue weighted by Gasteiger charge is -2.19. The van der Waals surface area contributed by atoms with Gasteiger partial charge in [0, 0.05) is 6.42 Å². The van der Waals surface area contributed by atoms with Gasteiger partial charge in [0.15, 0.2) is 17.5 Å². The molecule has 1 aromatic carbocycles. The third kappa shape index (κ3) is 3.36. The monoisotopic (exact) mass is 273 g/mol. The first-order chi connectivity index (χ1) is 8.12. The second kappa shape index (κ2) is 5.15. The second-order valence-electron chi connectivity index (χ2n) is 3.70. The van der Waals surface area contributed by atoms with Crippen molar-refractivity contribution in [2.24, 2.45) is 5.73 Å². The Labute approximate surface area is 98.0 Å². The molecule has 2 nitrogen and oxygen atoms in total. The maximum atomic E-state index is 12.8. The highest BCUT2D eigenvalue weighted by Gasteiger charge is 2.38. The Kier molecular flexibility index (Phi) is 4.23. The van der Waals surface area contributed by atoms with Gasteiger partial charge in [0.05, 0.1) is 6.10 Å². The summed E-state index contributed by atoms with van der Waals surface area (Å²) in [5.74, 6) is -4.94. The fraction of sp³-hybridized carbons (Fsp3) is 0.400. The molecule has 102 valence electrons. The van der Waals surface area contributed by atoms with Crippen LogP contribution >= 0.6 is 0 Å². The summed E-state index contributed by atoms with van der Waals surface area (Å²) in [4.78, 5) is 0. The minimum atomic E-state index is -4.74. The average Bonchev–Trinajstić information content (AvgIpc) is 2.23. The minimum Gasteiger partial charge on any atom is -0.388 e. The number of hydrogen-bond acceptors (Lipinski definition) is 2. The van der Waals surface area contributed by atoms with E-state index in [4.69, 9.17) is 5.73 Å². The summed E-state index contributed by atoms with van der Waals surface area (Å²) < 4.78 is 74.5. The lowest BCUT2D eigenvalue weighted by Crippen LogP contribution is -2.38. The van der Waals surface area contributed by atoms with E-state index in [0.717, 1.165) is 0 Å². The number of hydrogen-bond donors (Lipinski definition) is 2. The molecule has 0 unspecified atom stereocenters. The Hall–Kier alpha value is -1.28. The SMILES string of the molecule is N[C@@H](C[C@H](O)c1cc(F)c(F)c(F)c1)C(F)(F)F. The second-order valence-corrected chi connectivity index (χ2v) is 3.70. The minimum absolute atomic E-state index is 0.423. The Morgan fingerprint density at radius 1 is 1.11 bits per heavy atom. The highest BCUT2D eigenvalue weighted by atomic mass is 19.4. The van der Waals surface area contributed by atoms with Crippen LogP contribution in [0.25, 0.3) is 0 Å². The number of aliphatic hydroxyl groups is 1. The van der Waals surface area contributed by atoms with Crippen LogP contribution in [0.5, 0.6) is 0 Å². The lowest BCUT2D eigenvalue weighted by atomic mass is 10.0. The fourth-order valence-corrected chi connectivity index (χ4v) is 1.28. The quantitative estimate of drug-likeness (QED) is 0.656. The zero-order chi connectivity index (χ0) is 14.1. The molecule has 0 radical (unpaired) electrons. The maximum absolute atomic E-state index is 12.8. The summed E-state index contributed by atoms with van der Waals surface area (Å²) >= 11 is 0. The normalized spacial score (nSPS) is 15.6. The van der Waals surface area contributed by atoms with Gasteiger partial charge in [-0.1, -0.05) is 0 Å². The Bertz CT molecular complexity index is 410. The first kappa shape index (κ1) is 14.8. The van der Waals surface area contributed by atoms with Crippen molar-refractivity contribution in [2.75, 3.05) is 0 Å². The molecule has 0 aliphatic rings. The maximum Gasteiger partial charge on any atom is 0.403 e. The molecule has 0 saturated carbocycles. The summed E-state index contributed by atoms with van der Waals surface area (Å²) in [6.45, 7) is 0. The van der Waals surface area contributed by atoms with E-state index in [1.54, 1.807) is 0 Å². The molecule has 2 atom stereocenters. The number of aliphatic hydroxyl groups excluding tert-OH is 1. The topological polar surface area (TPSA) is 46.2 Å². The van der Waals surface area contributed by atoms with E-state index in [1.807, 2.05) is 0 Å². The highest BCUT2D eigenvalue weighted by Crippen LogP contribution is 2.28. The smallest absolute Gasteiger partial charge is 0.388 e. The molecular formula is C10H9F6NO. The molecule has 0 fully saturated rings. The fourth-order valence-electron chi connectivity index (χ4n) is 1.28. The van der Waals surface area contributed by atoms with Gasteiger partial charge in [-0.15, -0.1) is 0 Å². The van der Waals surface area contributed by atoms with E-state index >= 15 is 0 Å². The number of alkyl halides is 3. The van der Waals surface area contributed by atoms with E-state index in [9.17, 15) is 31.4 Å². The predicted molar refractivity (Wildman–Crippen MR) is 49.9 cm³/mol. The van der Waals surface area contributed by atoms with Crippen LogP contribution in [0.3, 0.4) is 0 Å². The van der Waals surface area contributed by atoms with Gasteiger partial charge in [0.2, 0.25) is 0 Å². The molecule has 3 N–H and O–H groups in total. The predicted octanol–water partition coefficient (Wildman–Crippen LogP) is 2.42. The first-order valence-corrected chi connectivity index (χ1v) is 4.77. The van der Waals surface area contributed by atoms with E-state index < -0.39 is 47.8 Å². The summed E-state index contributed by atoms with van der Waals surface area (Å²) in [6.07, 6.45) is -7.56. The van der Waals surface area contributed by atoms with Gasteiger partial charge in [-0.3, -0.25) is 0 Å². The van der Waals surface area contributed by atoms with Crippen LogP contribution in [0.1, 0.15) is 18.1 Å². The number of rotatable bonds is 3. The largest absolute Gasteiger partial charge is 0.403 e. The summed E-state index contributed by atoms with van der Waals surface area (Å²) in [6, 6.07) is -1.50. The number of benzene rings is 1. The molecule has 0 amide bonds. The van der Waals surface area contributed by atoms with Crippen molar-refractivity contribution in [3.05, 3.63) is 35.1 Å². The van der Waals surface area contributed by atoms with Crippen molar-refractivity contribution in [3.63, 3.8) is 0 Å². The van der Waals surface area contributed by atoms with Gasteiger partial charge in [0.25, 0.3) is 0 Å². The number of nitrogens with two attached hydrogens (primary N) is 1. The molecule has 1 aromatic rings. The highest BCUT2D eigenvalue weighted by molar-refractivity contribution is 5.21. The average molecular weight is 273 g/mol. The van der Waals surface area contributed by atoms with Crippen LogP contribution in [0.15, 0.2) is 12.1 Å². The molecule has 18 heavy (non-hydrogen) atoms. The van der Waals surface area contributed by atoms with Crippen molar-refractivity contribution in [1.82, 2.24) is 0 Å². The van der Waals surface area contributed by atoms with Crippen LogP contribution in [-0.4, -0.2) is 17.3 Å². The van der Waals surface area contributed by atoms with Gasteiger partial charge in [-0.05, 0) is 17.7 Å². The lowest BCUT2D eigenvalue weighted by molar-refractivity contribution is -0.153. The van der Waals surface area contributed by atoms with Crippen molar-refractivity contribution in [1.29, 1.82) is 0 Å². The van der Waals surface area contributed by atoms with Crippen molar-refractivity contribution in [2.45, 2.75) is 24.7 Å². The molecule has 0 aliphatic carbocycles. The van der Waals surface area contributed by atoms with E-state index in [-0.39, 0.29) is 0 Å². The van der Waals surface area contributed by atoms with Crippen molar-refractivity contribution >= 4 is 0 Å². The number of halogens is 6. The van der Waals surface area contributed by atoms with Gasteiger partial charge < -0.3 is 10.8 Å². The van der Waals surface area contributed by atoms with E-state index in [2.05, 4.69) is 0 Å². The molecule has 8 heteroatoms. The zero-order valence-electron chi connectivity index (χ0n) is 8.81. The first-order valence-electron chi connectivity index (χ1n) is 4.77. The Morgan fingerprint density at radius 3 is 1.94 bits per heavy atom. The van der Waals surface area contributed by atoms with E-state index in [0.29, 0.717) is 12.1 Å². The van der Waals surface area contributed by atoms with Crippen LogP contribution in [-0.2, 0) is 0 Å². The van der Waals surface area contributed by atoms with Gasteiger partial charge in [-0.25, -0.2) is 13.2 Å². The summed E-state index contributed by atoms with van der Waals surface area (Å²) in [7, 11) is 0. The van der Waals surface area contributed by atoms with Gasteiger partial charge in [-0.2, -0.15) is 13.2 Å². The molecule has 0 bridgehead atoms. The van der Waals surface area contributed by atoms with Crippen molar-refractivity contribution in [3.8, 4) is 0 Å². The third-order valence-electron chi connectivity index (χ3n) is 2.29. The van der Waals surface area contributed by atoms with Crippen LogP contribution in [0, 0.1) is 17.5 Å². The molecule has 1 rings (SSSR count). The van der Waals surface area contributed by atoms with Crippen LogP contribution < -0.4 is 5.73 Å². The molecule has 0 saturated heterocycles. The third-order valence-corrected chi connectivity index (χ3v) is 2.29. The van der Waals surface area contributed by atoms with E-state index in [1.165, 1.54) is 0 Å². The van der Waals surface area contributed by atoms with Crippen LogP contribution in [0.2, 0.25) is 0 Å². The van der Waals surface area contributed by atoms with Crippen LogP contribution in [0.4, 0.5) is 26.3 Å². The van der Waals surface area contributed by atoms with Gasteiger partial charge >= 0.3 is 6.18 Å². The molecule has 0 spiro atoms. The standard InChI is InChI=1S/C10H9F6NO/c11-5-1-4(2-6(12)9(5)13)7(18)3-8(17)10(14,15)16/h1-2,7-8,18H,3,17H2/t7-,8-/m0/s1. The Morgan fingerprint density at radius 2 is 1.56 bits per heavy atom. The molecule has 0 heterocycles. The zero-order valence-corrected chi connectivity index (χ0v) is 8.81. The Balaban J connectivity index is 2.88. The summed E-state index contributed by atoms with van der Waals surface area (Å²) in [5, 5.41) is 9.36. The molecular weight excluding hydrogens is 264 g/mol. The molecule has 0 aliphatic heterocycles. The van der Waals surface area contributed by atoms with Gasteiger partial charge in [0.1, 0.15) is 6.04 Å².